The molecule has 0 aliphatic carbocycles. The second-order valence-corrected chi connectivity index (χ2v) is 8.08. The first-order chi connectivity index (χ1) is 13.5. The van der Waals surface area contributed by atoms with Crippen molar-refractivity contribution in [1.82, 2.24) is 0 Å². The fourth-order valence-corrected chi connectivity index (χ4v) is 4.67. The fraction of sp³-hybridized carbons (Fsp3) is 0.182. The first-order valence-electron chi connectivity index (χ1n) is 8.85. The maximum atomic E-state index is 13.6. The predicted molar refractivity (Wildman–Crippen MR) is 111 cm³/mol. The monoisotopic (exact) mass is 397 g/mol. The lowest BCUT2D eigenvalue weighted by Crippen LogP contribution is -2.33. The molecule has 0 saturated carbocycles. The third-order valence-corrected chi connectivity index (χ3v) is 6.49. The summed E-state index contributed by atoms with van der Waals surface area (Å²) in [6.07, 6.45) is 0. The van der Waals surface area contributed by atoms with E-state index in [0.717, 1.165) is 5.56 Å². The molecule has 0 aromatic heterocycles. The highest BCUT2D eigenvalue weighted by Crippen LogP contribution is 2.34. The van der Waals surface area contributed by atoms with Gasteiger partial charge in [0.25, 0.3) is 10.0 Å². The Hall–Kier alpha value is -2.99. The smallest absolute Gasteiger partial charge is 0.264 e. The number of hydrogen-bond donors (Lipinski definition) is 0. The Bertz CT molecular complexity index is 1000. The summed E-state index contributed by atoms with van der Waals surface area (Å²) in [6, 6.07) is 22.6. The quantitative estimate of drug-likeness (QED) is 0.582. The number of nitrogens with zero attached hydrogens (tertiary/aromatic N) is 1. The molecule has 0 amide bonds. The standard InChI is InChI=1S/C22H23NO4S/c1-17(18-7-5-4-6-8-18)23(19-9-11-20(26-2)12-10-19)28(24,25)22-15-13-21(27-3)14-16-22/h4-17H,1-3H3. The van der Waals surface area contributed by atoms with Crippen LogP contribution in [0.25, 0.3) is 0 Å². The van der Waals surface area contributed by atoms with Gasteiger partial charge in [0.2, 0.25) is 0 Å². The maximum absolute atomic E-state index is 13.6. The van der Waals surface area contributed by atoms with E-state index in [9.17, 15) is 8.42 Å². The molecule has 3 aromatic carbocycles. The average Bonchev–Trinajstić information content (AvgIpc) is 2.75. The number of benzene rings is 3. The van der Waals surface area contributed by atoms with Gasteiger partial charge in [0.15, 0.2) is 0 Å². The van der Waals surface area contributed by atoms with E-state index in [4.69, 9.17) is 9.47 Å². The number of hydrogen-bond acceptors (Lipinski definition) is 4. The molecule has 0 aliphatic heterocycles. The van der Waals surface area contributed by atoms with Crippen LogP contribution in [0.15, 0.2) is 83.8 Å². The van der Waals surface area contributed by atoms with Crippen molar-refractivity contribution in [3.63, 3.8) is 0 Å². The normalized spacial score (nSPS) is 12.2. The van der Waals surface area contributed by atoms with Crippen LogP contribution in [0.4, 0.5) is 5.69 Å². The first-order valence-corrected chi connectivity index (χ1v) is 10.3. The van der Waals surface area contributed by atoms with Crippen molar-refractivity contribution in [2.24, 2.45) is 0 Å². The molecule has 0 radical (unpaired) electrons. The Labute approximate surface area is 166 Å². The molecule has 0 aliphatic rings. The summed E-state index contributed by atoms with van der Waals surface area (Å²) in [5, 5.41) is 0. The Kier molecular flexibility index (Phi) is 5.90. The Morgan fingerprint density at radius 1 is 0.750 bits per heavy atom. The van der Waals surface area contributed by atoms with Crippen LogP contribution in [0.5, 0.6) is 11.5 Å². The van der Waals surface area contributed by atoms with Gasteiger partial charge in [-0.05, 0) is 61.0 Å². The molecule has 3 rings (SSSR count). The molecular weight excluding hydrogens is 374 g/mol. The molecule has 146 valence electrons. The van der Waals surface area contributed by atoms with E-state index in [1.54, 1.807) is 62.8 Å². The van der Waals surface area contributed by atoms with Gasteiger partial charge in [0, 0.05) is 0 Å². The second kappa shape index (κ2) is 8.35. The summed E-state index contributed by atoms with van der Waals surface area (Å²) in [5.74, 6) is 1.27. The molecule has 0 bridgehead atoms. The number of sulfonamides is 1. The van der Waals surface area contributed by atoms with E-state index in [1.807, 2.05) is 37.3 Å². The summed E-state index contributed by atoms with van der Waals surface area (Å²) in [6.45, 7) is 1.88. The number of ether oxygens (including phenoxy) is 2. The molecule has 0 saturated heterocycles. The van der Waals surface area contributed by atoms with Gasteiger partial charge in [-0.25, -0.2) is 8.42 Å². The van der Waals surface area contributed by atoms with E-state index in [0.29, 0.717) is 17.2 Å². The van der Waals surface area contributed by atoms with Crippen LogP contribution in [0.1, 0.15) is 18.5 Å². The van der Waals surface area contributed by atoms with Crippen LogP contribution in [0.2, 0.25) is 0 Å². The first kappa shape index (κ1) is 19.8. The molecule has 3 aromatic rings. The van der Waals surface area contributed by atoms with Gasteiger partial charge in [0.1, 0.15) is 11.5 Å². The Morgan fingerprint density at radius 3 is 1.75 bits per heavy atom. The highest BCUT2D eigenvalue weighted by atomic mass is 32.2. The molecule has 5 nitrogen and oxygen atoms in total. The molecule has 0 spiro atoms. The summed E-state index contributed by atoms with van der Waals surface area (Å²) in [4.78, 5) is 0.201. The third kappa shape index (κ3) is 3.97. The van der Waals surface area contributed by atoms with Crippen molar-refractivity contribution >= 4 is 15.7 Å². The van der Waals surface area contributed by atoms with E-state index in [-0.39, 0.29) is 4.90 Å². The summed E-state index contributed by atoms with van der Waals surface area (Å²) < 4.78 is 38.9. The van der Waals surface area contributed by atoms with Crippen molar-refractivity contribution in [2.75, 3.05) is 18.5 Å². The van der Waals surface area contributed by atoms with E-state index < -0.39 is 16.1 Å². The number of methoxy groups -OCH3 is 2. The highest BCUT2D eigenvalue weighted by Gasteiger charge is 2.30. The van der Waals surface area contributed by atoms with Crippen LogP contribution < -0.4 is 13.8 Å². The van der Waals surface area contributed by atoms with Gasteiger partial charge in [-0.3, -0.25) is 4.31 Å². The van der Waals surface area contributed by atoms with Gasteiger partial charge >= 0.3 is 0 Å². The van der Waals surface area contributed by atoms with Crippen LogP contribution >= 0.6 is 0 Å². The van der Waals surface area contributed by atoms with Crippen LogP contribution in [0, 0.1) is 0 Å². The molecular formula is C22H23NO4S. The molecule has 6 heteroatoms. The highest BCUT2D eigenvalue weighted by molar-refractivity contribution is 7.92. The van der Waals surface area contributed by atoms with Crippen molar-refractivity contribution in [3.05, 3.63) is 84.4 Å². The minimum Gasteiger partial charge on any atom is -0.497 e. The van der Waals surface area contributed by atoms with Gasteiger partial charge in [-0.2, -0.15) is 0 Å². The zero-order chi connectivity index (χ0) is 20.1. The van der Waals surface area contributed by atoms with Gasteiger partial charge < -0.3 is 9.47 Å². The fourth-order valence-electron chi connectivity index (χ4n) is 3.03. The summed E-state index contributed by atoms with van der Waals surface area (Å²) in [7, 11) is -0.686. The van der Waals surface area contributed by atoms with Crippen molar-refractivity contribution in [3.8, 4) is 11.5 Å². The van der Waals surface area contributed by atoms with E-state index >= 15 is 0 Å². The topological polar surface area (TPSA) is 55.8 Å². The van der Waals surface area contributed by atoms with Crippen LogP contribution in [0.3, 0.4) is 0 Å². The van der Waals surface area contributed by atoms with Gasteiger partial charge in [-0.15, -0.1) is 0 Å². The SMILES string of the molecule is COc1ccc(N(C(C)c2ccccc2)S(=O)(=O)c2ccc(OC)cc2)cc1. The van der Waals surface area contributed by atoms with Crippen molar-refractivity contribution in [1.29, 1.82) is 0 Å². The van der Waals surface area contributed by atoms with Crippen LogP contribution in [-0.2, 0) is 10.0 Å². The summed E-state index contributed by atoms with van der Waals surface area (Å²) >= 11 is 0. The molecule has 1 atom stereocenters. The molecule has 1 unspecified atom stereocenters. The van der Waals surface area contributed by atoms with Crippen LogP contribution in [-0.4, -0.2) is 22.6 Å². The molecule has 0 heterocycles. The van der Waals surface area contributed by atoms with E-state index in [1.165, 1.54) is 4.31 Å². The molecule has 28 heavy (non-hydrogen) atoms. The zero-order valence-corrected chi connectivity index (χ0v) is 16.9. The maximum Gasteiger partial charge on any atom is 0.264 e. The molecule has 0 fully saturated rings. The Morgan fingerprint density at radius 2 is 1.25 bits per heavy atom. The minimum atomic E-state index is -3.81. The predicted octanol–water partition coefficient (Wildman–Crippen LogP) is 4.66. The largest absolute Gasteiger partial charge is 0.497 e. The lowest BCUT2D eigenvalue weighted by Gasteiger charge is -2.31. The van der Waals surface area contributed by atoms with E-state index in [2.05, 4.69) is 0 Å². The average molecular weight is 397 g/mol. The second-order valence-electron chi connectivity index (χ2n) is 6.26. The third-order valence-electron chi connectivity index (χ3n) is 4.58. The van der Waals surface area contributed by atoms with Crippen molar-refractivity contribution < 1.29 is 17.9 Å². The van der Waals surface area contributed by atoms with Crippen molar-refractivity contribution in [2.45, 2.75) is 17.9 Å². The lowest BCUT2D eigenvalue weighted by atomic mass is 10.1. The zero-order valence-electron chi connectivity index (χ0n) is 16.1. The van der Waals surface area contributed by atoms with Gasteiger partial charge in [0.05, 0.1) is 30.8 Å². The lowest BCUT2D eigenvalue weighted by molar-refractivity contribution is 0.414. The number of anilines is 1. The Balaban J connectivity index is 2.10. The number of rotatable bonds is 7. The minimum absolute atomic E-state index is 0.201. The van der Waals surface area contributed by atoms with Gasteiger partial charge in [-0.1, -0.05) is 30.3 Å². The molecule has 0 N–H and O–H groups in total. The summed E-state index contributed by atoms with van der Waals surface area (Å²) in [5.41, 5.74) is 1.46.